The van der Waals surface area contributed by atoms with Crippen molar-refractivity contribution in [3.63, 3.8) is 0 Å². The monoisotopic (exact) mass is 701 g/mol. The Hall–Kier alpha value is -7.43. The summed E-state index contributed by atoms with van der Waals surface area (Å²) in [5, 5.41) is 8.87. The minimum atomic E-state index is 0.593. The van der Waals surface area contributed by atoms with E-state index in [1.807, 2.05) is 18.2 Å². The molecule has 0 N–H and O–H groups in total. The topological polar surface area (TPSA) is 51.8 Å². The smallest absolute Gasteiger partial charge is 0.164 e. The van der Waals surface area contributed by atoms with Crippen LogP contribution in [0.25, 0.3) is 111 Å². The maximum Gasteiger partial charge on any atom is 0.164 e. The fourth-order valence-electron chi connectivity index (χ4n) is 7.96. The molecular weight excluding hydrogens is 671 g/mol. The number of hydrogen-bond acceptors (Lipinski definition) is 4. The van der Waals surface area contributed by atoms with Crippen molar-refractivity contribution < 1.29 is 4.42 Å². The fourth-order valence-corrected chi connectivity index (χ4v) is 7.96. The lowest BCUT2D eigenvalue weighted by Gasteiger charge is -2.13. The lowest BCUT2D eigenvalue weighted by atomic mass is 9.93. The molecule has 0 atom stereocenters. The third-order valence-electron chi connectivity index (χ3n) is 10.7. The largest absolute Gasteiger partial charge is 0.455 e. The summed E-state index contributed by atoms with van der Waals surface area (Å²) in [6, 6.07) is 65.8. The Morgan fingerprint density at radius 1 is 0.309 bits per heavy atom. The number of para-hydroxylation sites is 1. The van der Waals surface area contributed by atoms with Gasteiger partial charge in [-0.05, 0) is 73.5 Å². The lowest BCUT2D eigenvalue weighted by molar-refractivity contribution is 0.673. The molecule has 0 fully saturated rings. The Balaban J connectivity index is 1.14. The molecule has 0 unspecified atom stereocenters. The molecule has 2 aromatic heterocycles. The molecule has 4 nitrogen and oxygen atoms in total. The molecule has 0 aliphatic heterocycles. The van der Waals surface area contributed by atoms with Gasteiger partial charge < -0.3 is 4.42 Å². The van der Waals surface area contributed by atoms with Gasteiger partial charge in [-0.1, -0.05) is 164 Å². The zero-order valence-electron chi connectivity index (χ0n) is 29.6. The summed E-state index contributed by atoms with van der Waals surface area (Å²) in [6.45, 7) is 0. The van der Waals surface area contributed by atoms with Crippen LogP contribution in [0, 0.1) is 0 Å². The molecule has 11 aromatic rings. The van der Waals surface area contributed by atoms with Crippen LogP contribution in [-0.4, -0.2) is 15.0 Å². The molecule has 2 heterocycles. The summed E-state index contributed by atoms with van der Waals surface area (Å²) < 4.78 is 6.78. The van der Waals surface area contributed by atoms with Crippen LogP contribution in [-0.2, 0) is 0 Å². The predicted molar refractivity (Wildman–Crippen MR) is 227 cm³/mol. The van der Waals surface area contributed by atoms with Crippen LogP contribution >= 0.6 is 0 Å². The number of hydrogen-bond donors (Lipinski definition) is 0. The zero-order valence-corrected chi connectivity index (χ0v) is 29.6. The Bertz CT molecular complexity index is 3260. The van der Waals surface area contributed by atoms with Crippen LogP contribution in [0.3, 0.4) is 0 Å². The van der Waals surface area contributed by atoms with E-state index in [1.54, 1.807) is 0 Å². The van der Waals surface area contributed by atoms with Crippen molar-refractivity contribution in [3.8, 4) is 56.4 Å². The number of aromatic nitrogens is 3. The molecule has 0 aliphatic rings. The predicted octanol–water partition coefficient (Wildman–Crippen LogP) is 13.6. The second kappa shape index (κ2) is 12.6. The number of fused-ring (bicyclic) bond motifs is 7. The van der Waals surface area contributed by atoms with Gasteiger partial charge in [0.15, 0.2) is 17.5 Å². The van der Waals surface area contributed by atoms with Crippen molar-refractivity contribution >= 4 is 54.3 Å². The van der Waals surface area contributed by atoms with E-state index in [-0.39, 0.29) is 0 Å². The van der Waals surface area contributed by atoms with Crippen LogP contribution in [0.15, 0.2) is 192 Å². The number of nitrogens with zero attached hydrogens (tertiary/aromatic N) is 3. The Morgan fingerprint density at radius 3 is 1.64 bits per heavy atom. The first-order valence-corrected chi connectivity index (χ1v) is 18.5. The minimum Gasteiger partial charge on any atom is -0.455 e. The highest BCUT2D eigenvalue weighted by atomic mass is 16.3. The highest BCUT2D eigenvalue weighted by molar-refractivity contribution is 6.23. The van der Waals surface area contributed by atoms with Crippen molar-refractivity contribution in [1.82, 2.24) is 15.0 Å². The van der Waals surface area contributed by atoms with Crippen molar-refractivity contribution in [2.24, 2.45) is 0 Å². The molecule has 55 heavy (non-hydrogen) atoms. The van der Waals surface area contributed by atoms with Crippen LogP contribution in [0.4, 0.5) is 0 Å². The molecule has 4 heteroatoms. The van der Waals surface area contributed by atoms with Crippen LogP contribution in [0.1, 0.15) is 0 Å². The third kappa shape index (κ3) is 5.34. The minimum absolute atomic E-state index is 0.593. The lowest BCUT2D eigenvalue weighted by Crippen LogP contribution is -2.01. The third-order valence-corrected chi connectivity index (χ3v) is 10.7. The van der Waals surface area contributed by atoms with Gasteiger partial charge in [-0.3, -0.25) is 0 Å². The van der Waals surface area contributed by atoms with Gasteiger partial charge in [0, 0.05) is 32.8 Å². The molecule has 0 saturated carbocycles. The highest BCUT2D eigenvalue weighted by Crippen LogP contribution is 2.44. The van der Waals surface area contributed by atoms with Gasteiger partial charge in [0.25, 0.3) is 0 Å². The molecule has 0 radical (unpaired) electrons. The number of benzene rings is 9. The highest BCUT2D eigenvalue weighted by Gasteiger charge is 2.22. The number of rotatable bonds is 5. The van der Waals surface area contributed by atoms with E-state index in [1.165, 1.54) is 21.7 Å². The first-order valence-electron chi connectivity index (χ1n) is 18.5. The van der Waals surface area contributed by atoms with Crippen molar-refractivity contribution in [3.05, 3.63) is 188 Å². The molecule has 11 rings (SSSR count). The molecule has 0 aliphatic carbocycles. The fraction of sp³-hybridized carbons (Fsp3) is 0. The molecule has 0 amide bonds. The van der Waals surface area contributed by atoms with Crippen LogP contribution in [0.5, 0.6) is 0 Å². The second-order valence-corrected chi connectivity index (χ2v) is 14.0. The van der Waals surface area contributed by atoms with E-state index < -0.39 is 0 Å². The molecule has 0 bridgehead atoms. The zero-order chi connectivity index (χ0) is 36.3. The SMILES string of the molecule is c1ccc(-c2cccc3cc(-c4nc(-c5ccc(-c6ccc7ccccc7c6)cc5)nc(-c5ccc6ccccc6c5)n4)c4c5ccccc5oc4c23)cc1. The first kappa shape index (κ1) is 31.1. The Kier molecular flexibility index (Phi) is 7.14. The van der Waals surface area contributed by atoms with Crippen molar-refractivity contribution in [2.75, 3.05) is 0 Å². The van der Waals surface area contributed by atoms with E-state index in [2.05, 4.69) is 170 Å². The summed E-state index contributed by atoms with van der Waals surface area (Å²) in [4.78, 5) is 15.7. The standard InChI is InChI=1S/C51H31N3O/c1-2-13-35(14-3-1)42-19-10-17-40-31-44(47-43-18-8-9-20-45(43)55-48(47)46(40)42)51-53-49(52-50(54-51)41-28-24-33-12-5-7-16-38(33)30-41)36-25-21-34(22-26-36)39-27-23-32-11-4-6-15-37(32)29-39/h1-31H. The summed E-state index contributed by atoms with van der Waals surface area (Å²) in [5.41, 5.74) is 8.94. The second-order valence-electron chi connectivity index (χ2n) is 14.0. The summed E-state index contributed by atoms with van der Waals surface area (Å²) >= 11 is 0. The number of furan rings is 1. The van der Waals surface area contributed by atoms with E-state index in [0.29, 0.717) is 17.5 Å². The molecule has 256 valence electrons. The van der Waals surface area contributed by atoms with Crippen LogP contribution < -0.4 is 0 Å². The van der Waals surface area contributed by atoms with Gasteiger partial charge >= 0.3 is 0 Å². The van der Waals surface area contributed by atoms with Crippen LogP contribution in [0.2, 0.25) is 0 Å². The van der Waals surface area contributed by atoms with E-state index in [0.717, 1.165) is 71.5 Å². The van der Waals surface area contributed by atoms with Gasteiger partial charge in [-0.2, -0.15) is 0 Å². The van der Waals surface area contributed by atoms with E-state index in [4.69, 9.17) is 19.4 Å². The van der Waals surface area contributed by atoms with Crippen molar-refractivity contribution in [2.45, 2.75) is 0 Å². The average Bonchev–Trinajstić information content (AvgIpc) is 3.66. The Labute approximate surface area is 317 Å². The summed E-state index contributed by atoms with van der Waals surface area (Å²) in [7, 11) is 0. The molecule has 0 saturated heterocycles. The quantitative estimate of drug-likeness (QED) is 0.179. The molecule has 9 aromatic carbocycles. The van der Waals surface area contributed by atoms with Gasteiger partial charge in [0.2, 0.25) is 0 Å². The molecule has 0 spiro atoms. The van der Waals surface area contributed by atoms with Gasteiger partial charge in [-0.15, -0.1) is 0 Å². The normalized spacial score (nSPS) is 11.6. The summed E-state index contributed by atoms with van der Waals surface area (Å²) in [6.07, 6.45) is 0. The maximum absolute atomic E-state index is 6.78. The maximum atomic E-state index is 6.78. The molecular formula is C51H31N3O. The summed E-state index contributed by atoms with van der Waals surface area (Å²) in [5.74, 6) is 1.82. The first-order chi connectivity index (χ1) is 27.2. The average molecular weight is 702 g/mol. The van der Waals surface area contributed by atoms with Gasteiger partial charge in [0.05, 0.1) is 0 Å². The van der Waals surface area contributed by atoms with E-state index >= 15 is 0 Å². The van der Waals surface area contributed by atoms with Crippen molar-refractivity contribution in [1.29, 1.82) is 0 Å². The van der Waals surface area contributed by atoms with E-state index in [9.17, 15) is 0 Å². The Morgan fingerprint density at radius 2 is 0.873 bits per heavy atom. The van der Waals surface area contributed by atoms with Gasteiger partial charge in [-0.25, -0.2) is 15.0 Å². The van der Waals surface area contributed by atoms with Gasteiger partial charge in [0.1, 0.15) is 11.2 Å².